The largest absolute Gasteiger partial charge is 0.310 e. The summed E-state index contributed by atoms with van der Waals surface area (Å²) in [6, 6.07) is 9.91. The minimum Gasteiger partial charge on any atom is -0.310 e. The number of hydrogen-bond donors (Lipinski definition) is 0. The number of halogens is 2. The number of rotatable bonds is 2. The van der Waals surface area contributed by atoms with Gasteiger partial charge < -0.3 is 4.57 Å². The molecule has 0 N–H and O–H groups in total. The fourth-order valence-corrected chi connectivity index (χ4v) is 2.40. The van der Waals surface area contributed by atoms with Crippen LogP contribution in [0.4, 0.5) is 0 Å². The SMILES string of the molecule is Cc1cc(=O)n(Cc2ccc(I)cc2)cc1I. The van der Waals surface area contributed by atoms with Crippen LogP contribution in [0.3, 0.4) is 0 Å². The van der Waals surface area contributed by atoms with E-state index in [0.29, 0.717) is 6.54 Å². The van der Waals surface area contributed by atoms with Gasteiger partial charge in [-0.25, -0.2) is 0 Å². The van der Waals surface area contributed by atoms with Crippen molar-refractivity contribution < 1.29 is 0 Å². The first-order chi connectivity index (χ1) is 8.06. The minimum absolute atomic E-state index is 0.0569. The Morgan fingerprint density at radius 2 is 1.82 bits per heavy atom. The summed E-state index contributed by atoms with van der Waals surface area (Å²) >= 11 is 4.53. The monoisotopic (exact) mass is 451 g/mol. The predicted molar refractivity (Wildman–Crippen MR) is 86.4 cm³/mol. The Hall–Kier alpha value is -0.370. The van der Waals surface area contributed by atoms with E-state index in [-0.39, 0.29) is 5.56 Å². The molecule has 0 aliphatic rings. The Morgan fingerprint density at radius 3 is 2.47 bits per heavy atom. The third-order valence-electron chi connectivity index (χ3n) is 2.54. The van der Waals surface area contributed by atoms with E-state index >= 15 is 0 Å². The minimum atomic E-state index is 0.0569. The van der Waals surface area contributed by atoms with Crippen molar-refractivity contribution in [3.05, 3.63) is 65.1 Å². The van der Waals surface area contributed by atoms with E-state index < -0.39 is 0 Å². The van der Waals surface area contributed by atoms with Crippen molar-refractivity contribution in [2.24, 2.45) is 0 Å². The lowest BCUT2D eigenvalue weighted by Gasteiger charge is -2.08. The van der Waals surface area contributed by atoms with Crippen molar-refractivity contribution in [2.75, 3.05) is 0 Å². The molecule has 1 heterocycles. The van der Waals surface area contributed by atoms with Gasteiger partial charge >= 0.3 is 0 Å². The van der Waals surface area contributed by atoms with Crippen LogP contribution in [0.2, 0.25) is 0 Å². The molecule has 0 saturated heterocycles. The summed E-state index contributed by atoms with van der Waals surface area (Å²) < 4.78 is 4.07. The number of nitrogens with zero attached hydrogens (tertiary/aromatic N) is 1. The van der Waals surface area contributed by atoms with Crippen LogP contribution in [-0.2, 0) is 6.54 Å². The molecule has 0 aliphatic heterocycles. The molecule has 0 saturated carbocycles. The third-order valence-corrected chi connectivity index (χ3v) is 4.38. The van der Waals surface area contributed by atoms with E-state index in [4.69, 9.17) is 0 Å². The molecule has 0 radical (unpaired) electrons. The Balaban J connectivity index is 2.33. The van der Waals surface area contributed by atoms with Gasteiger partial charge in [-0.05, 0) is 75.4 Å². The summed E-state index contributed by atoms with van der Waals surface area (Å²) in [7, 11) is 0. The molecule has 0 amide bonds. The lowest BCUT2D eigenvalue weighted by molar-refractivity contribution is 0.753. The maximum Gasteiger partial charge on any atom is 0.251 e. The van der Waals surface area contributed by atoms with Crippen LogP contribution in [0.5, 0.6) is 0 Å². The van der Waals surface area contributed by atoms with Crippen LogP contribution >= 0.6 is 45.2 Å². The molecule has 4 heteroatoms. The lowest BCUT2D eigenvalue weighted by atomic mass is 10.2. The van der Waals surface area contributed by atoms with Crippen LogP contribution in [0.25, 0.3) is 0 Å². The summed E-state index contributed by atoms with van der Waals surface area (Å²) in [6.45, 7) is 2.59. The average Bonchev–Trinajstić information content (AvgIpc) is 2.29. The highest BCUT2D eigenvalue weighted by atomic mass is 127. The van der Waals surface area contributed by atoms with Gasteiger partial charge in [0, 0.05) is 19.4 Å². The zero-order valence-electron chi connectivity index (χ0n) is 9.28. The van der Waals surface area contributed by atoms with Gasteiger partial charge in [0.25, 0.3) is 5.56 Å². The van der Waals surface area contributed by atoms with Crippen molar-refractivity contribution >= 4 is 45.2 Å². The first-order valence-corrected chi connectivity index (χ1v) is 7.33. The molecule has 2 aromatic rings. The lowest BCUT2D eigenvalue weighted by Crippen LogP contribution is -2.20. The van der Waals surface area contributed by atoms with Crippen LogP contribution in [0.1, 0.15) is 11.1 Å². The highest BCUT2D eigenvalue weighted by Crippen LogP contribution is 2.10. The number of aryl methyl sites for hydroxylation is 1. The smallest absolute Gasteiger partial charge is 0.251 e. The van der Waals surface area contributed by atoms with Gasteiger partial charge in [-0.15, -0.1) is 0 Å². The van der Waals surface area contributed by atoms with Crippen molar-refractivity contribution in [1.82, 2.24) is 4.57 Å². The fraction of sp³-hybridized carbons (Fsp3) is 0.154. The molecular weight excluding hydrogens is 440 g/mol. The average molecular weight is 451 g/mol. The van der Waals surface area contributed by atoms with Crippen molar-refractivity contribution in [3.8, 4) is 0 Å². The van der Waals surface area contributed by atoms with Gasteiger partial charge in [-0.2, -0.15) is 0 Å². The molecular formula is C13H11I2NO. The molecule has 0 fully saturated rings. The molecule has 0 unspecified atom stereocenters. The number of hydrogen-bond acceptors (Lipinski definition) is 1. The van der Waals surface area contributed by atoms with Crippen LogP contribution in [0, 0.1) is 14.1 Å². The van der Waals surface area contributed by atoms with Crippen LogP contribution in [-0.4, -0.2) is 4.57 Å². The normalized spacial score (nSPS) is 10.5. The van der Waals surface area contributed by atoms with Gasteiger partial charge in [0.05, 0.1) is 6.54 Å². The fourth-order valence-electron chi connectivity index (χ4n) is 1.55. The van der Waals surface area contributed by atoms with Gasteiger partial charge in [0.15, 0.2) is 0 Å². The zero-order valence-corrected chi connectivity index (χ0v) is 13.6. The maximum absolute atomic E-state index is 11.8. The Labute approximate surface area is 127 Å². The van der Waals surface area contributed by atoms with Gasteiger partial charge in [-0.3, -0.25) is 4.79 Å². The van der Waals surface area contributed by atoms with Gasteiger partial charge in [0.1, 0.15) is 0 Å². The number of benzene rings is 1. The Kier molecular flexibility index (Phi) is 4.24. The van der Waals surface area contributed by atoms with E-state index in [9.17, 15) is 4.79 Å². The Bertz CT molecular complexity index is 587. The van der Waals surface area contributed by atoms with Crippen molar-refractivity contribution in [2.45, 2.75) is 13.5 Å². The number of aromatic nitrogens is 1. The van der Waals surface area contributed by atoms with E-state index in [1.165, 1.54) is 3.57 Å². The Morgan fingerprint density at radius 1 is 1.18 bits per heavy atom. The van der Waals surface area contributed by atoms with Crippen LogP contribution in [0.15, 0.2) is 41.3 Å². The second-order valence-corrected chi connectivity index (χ2v) is 6.30. The summed E-state index contributed by atoms with van der Waals surface area (Å²) in [5.74, 6) is 0. The highest BCUT2D eigenvalue weighted by Gasteiger charge is 2.02. The first-order valence-electron chi connectivity index (χ1n) is 5.17. The predicted octanol–water partition coefficient (Wildman–Crippen LogP) is 3.41. The summed E-state index contributed by atoms with van der Waals surface area (Å²) in [6.07, 6.45) is 1.91. The van der Waals surface area contributed by atoms with Crippen molar-refractivity contribution in [1.29, 1.82) is 0 Å². The van der Waals surface area contributed by atoms with E-state index in [1.54, 1.807) is 10.6 Å². The topological polar surface area (TPSA) is 22.0 Å². The highest BCUT2D eigenvalue weighted by molar-refractivity contribution is 14.1. The summed E-state index contributed by atoms with van der Waals surface area (Å²) in [4.78, 5) is 11.8. The molecule has 1 aromatic carbocycles. The molecule has 2 nitrogen and oxygen atoms in total. The van der Waals surface area contributed by atoms with E-state index in [2.05, 4.69) is 69.4 Å². The van der Waals surface area contributed by atoms with Crippen molar-refractivity contribution in [3.63, 3.8) is 0 Å². The molecule has 0 bridgehead atoms. The molecule has 0 spiro atoms. The molecule has 1 aromatic heterocycles. The van der Waals surface area contributed by atoms with Crippen LogP contribution < -0.4 is 5.56 Å². The standard InChI is InChI=1S/C13H11I2NO/c1-9-6-13(17)16(8-12(9)15)7-10-2-4-11(14)5-3-10/h2-6,8H,7H2,1H3. The second kappa shape index (κ2) is 5.51. The first kappa shape index (κ1) is 13.1. The molecule has 88 valence electrons. The molecule has 17 heavy (non-hydrogen) atoms. The molecule has 0 atom stereocenters. The number of pyridine rings is 1. The van der Waals surface area contributed by atoms with Gasteiger partial charge in [0.2, 0.25) is 0 Å². The summed E-state index contributed by atoms with van der Waals surface area (Å²) in [5.41, 5.74) is 2.24. The zero-order chi connectivity index (χ0) is 12.4. The van der Waals surface area contributed by atoms with Gasteiger partial charge in [-0.1, -0.05) is 12.1 Å². The maximum atomic E-state index is 11.8. The van der Waals surface area contributed by atoms with E-state index in [1.807, 2.05) is 13.1 Å². The van der Waals surface area contributed by atoms with E-state index in [0.717, 1.165) is 14.7 Å². The molecule has 0 aliphatic carbocycles. The quantitative estimate of drug-likeness (QED) is 0.642. The summed E-state index contributed by atoms with van der Waals surface area (Å²) in [5, 5.41) is 0. The molecule has 2 rings (SSSR count). The third kappa shape index (κ3) is 3.31. The second-order valence-electron chi connectivity index (χ2n) is 3.90.